The van der Waals surface area contributed by atoms with Gasteiger partial charge in [0.25, 0.3) is 11.7 Å². The third kappa shape index (κ3) is 12.7. The molecule has 1 saturated carbocycles. The summed E-state index contributed by atoms with van der Waals surface area (Å²) in [6, 6.07) is -0.948. The molecule has 4 bridgehead atoms. The number of aliphatic hydroxyl groups is 2. The van der Waals surface area contributed by atoms with Gasteiger partial charge in [0, 0.05) is 52.6 Å². The van der Waals surface area contributed by atoms with Crippen LogP contribution in [0, 0.1) is 29.6 Å². The van der Waals surface area contributed by atoms with Gasteiger partial charge in [0.05, 0.1) is 36.5 Å². The van der Waals surface area contributed by atoms with Crippen LogP contribution in [0.3, 0.4) is 0 Å². The van der Waals surface area contributed by atoms with Crippen LogP contribution < -0.4 is 0 Å². The Morgan fingerprint density at radius 2 is 1.66 bits per heavy atom. The first kappa shape index (κ1) is 53.5. The van der Waals surface area contributed by atoms with Gasteiger partial charge >= 0.3 is 0 Å². The van der Waals surface area contributed by atoms with Crippen LogP contribution in [0.1, 0.15) is 125 Å². The molecule has 1 aliphatic carbocycles. The average Bonchev–Trinajstić information content (AvgIpc) is 3.98. The number of aromatic nitrogens is 4. The second-order valence-electron chi connectivity index (χ2n) is 20.2. The lowest BCUT2D eigenvalue weighted by molar-refractivity contribution is -0.266. The zero-order valence-corrected chi connectivity index (χ0v) is 41.6. The van der Waals surface area contributed by atoms with Crippen molar-refractivity contribution in [3.63, 3.8) is 0 Å². The fraction of sp³-hybridized carbons (Fsp3) is 0.745. The normalized spacial score (nSPS) is 40.8. The summed E-state index contributed by atoms with van der Waals surface area (Å²) in [6.07, 6.45) is 13.7. The fourth-order valence-electron chi connectivity index (χ4n) is 11.0. The number of Topliss-reactive ketones (excluding diaryl/α,β-unsaturated/α-hetero) is 3. The first-order chi connectivity index (χ1) is 32.5. The third-order valence-electron chi connectivity index (χ3n) is 15.3. The van der Waals surface area contributed by atoms with Crippen molar-refractivity contribution >= 4 is 23.3 Å². The molecule has 0 spiro atoms. The van der Waals surface area contributed by atoms with Crippen LogP contribution in [0.5, 0.6) is 0 Å². The van der Waals surface area contributed by atoms with E-state index in [1.165, 1.54) is 12.0 Å². The minimum atomic E-state index is -2.39. The van der Waals surface area contributed by atoms with Gasteiger partial charge in [-0.2, -0.15) is 0 Å². The van der Waals surface area contributed by atoms with E-state index in [1.54, 1.807) is 39.1 Å². The van der Waals surface area contributed by atoms with Crippen LogP contribution in [0.15, 0.2) is 53.9 Å². The smallest absolute Gasteiger partial charge is 0.296 e. The number of ketones is 3. The van der Waals surface area contributed by atoms with Gasteiger partial charge in [0.15, 0.2) is 12.1 Å². The molecule has 2 N–H and O–H groups in total. The van der Waals surface area contributed by atoms with Crippen LogP contribution >= 0.6 is 0 Å². The summed E-state index contributed by atoms with van der Waals surface area (Å²) in [6.45, 7) is 11.5. The van der Waals surface area contributed by atoms with Crippen LogP contribution in [-0.4, -0.2) is 147 Å². The molecular weight excluding hydrogens is 875 g/mol. The predicted molar refractivity (Wildman–Crippen MR) is 250 cm³/mol. The highest BCUT2D eigenvalue weighted by atomic mass is 16.6. The number of piperidine rings is 1. The molecule has 1 aromatic rings. The number of carbonyl (C=O) groups is 4. The summed E-state index contributed by atoms with van der Waals surface area (Å²) < 4.78 is 38.4. The highest BCUT2D eigenvalue weighted by Crippen LogP contribution is 2.40. The van der Waals surface area contributed by atoms with E-state index < -0.39 is 78.3 Å². The van der Waals surface area contributed by atoms with Gasteiger partial charge in [0.2, 0.25) is 5.79 Å². The molecule has 0 radical (unpaired) electrons. The van der Waals surface area contributed by atoms with Gasteiger partial charge in [0.1, 0.15) is 30.4 Å². The molecule has 6 rings (SSSR count). The third-order valence-corrected chi connectivity index (χ3v) is 15.3. The number of hydrogen-bond donors (Lipinski definition) is 2. The molecule has 17 heteroatoms. The Morgan fingerprint density at radius 1 is 0.882 bits per heavy atom. The number of allylic oxidation sites excluding steroid dienone is 6. The molecule has 3 saturated heterocycles. The lowest BCUT2D eigenvalue weighted by Crippen LogP contribution is -2.61. The summed E-state index contributed by atoms with van der Waals surface area (Å²) in [5.74, 6) is -6.04. The van der Waals surface area contributed by atoms with E-state index >= 15 is 0 Å². The number of fused-ring (bicyclic) bond motifs is 5. The number of nitrogens with zero attached hydrogens (tertiary/aromatic N) is 5. The van der Waals surface area contributed by atoms with E-state index in [1.807, 2.05) is 64.2 Å². The molecular formula is C51H77N5O12. The standard InChI is InChI=1S/C51H77N5O12/c1-30-15-11-10-12-16-31(2)41(63-7)27-37-20-18-35(6)51(62,68-37)48(59)49(60)55-22-14-13-17-39(55)50(61)67-42(33(4)25-36-19-21-38(43(26-36)64-8)56-29-52-53-54-56)28-40(57)32(3)24-34(5)46-47(65-9)45(58)44(23-30)66-46/h10-12,15-16,24,29-30,32-33,35-39,41-44,46-47,50,61-62H,13-14,17-23,25-28H2,1-9H3/b12-10+,15-11+,31-16+,34-24+/t30-,32-,33-,35-,36+,37+,38+,39+,41+,42+,43-,44?,46-,47?,50?,51-/m1/s1. The first-order valence-corrected chi connectivity index (χ1v) is 24.8. The van der Waals surface area contributed by atoms with E-state index in [0.717, 1.165) is 24.8 Å². The van der Waals surface area contributed by atoms with Crippen molar-refractivity contribution in [1.29, 1.82) is 0 Å². The number of hydrogen-bond acceptors (Lipinski definition) is 15. The Labute approximate surface area is 402 Å². The molecule has 5 heterocycles. The molecule has 5 aliphatic rings. The largest absolute Gasteiger partial charge is 0.379 e. The second-order valence-corrected chi connectivity index (χ2v) is 20.2. The molecule has 3 unspecified atom stereocenters. The van der Waals surface area contributed by atoms with E-state index in [2.05, 4.69) is 15.5 Å². The van der Waals surface area contributed by atoms with Crippen molar-refractivity contribution in [2.45, 2.75) is 185 Å². The molecule has 1 aromatic heterocycles. The molecule has 68 heavy (non-hydrogen) atoms. The monoisotopic (exact) mass is 952 g/mol. The number of amides is 1. The van der Waals surface area contributed by atoms with E-state index in [0.29, 0.717) is 56.9 Å². The Balaban J connectivity index is 1.29. The zero-order chi connectivity index (χ0) is 49.3. The number of ether oxygens (including phenoxy) is 6. The molecule has 16 atom stereocenters. The summed E-state index contributed by atoms with van der Waals surface area (Å²) >= 11 is 0. The molecule has 0 aromatic carbocycles. The Bertz CT molecular complexity index is 1990. The Kier molecular flexibility index (Phi) is 19.2. The van der Waals surface area contributed by atoms with E-state index in [9.17, 15) is 29.4 Å². The van der Waals surface area contributed by atoms with Gasteiger partial charge in [-0.25, -0.2) is 4.68 Å². The molecule has 17 nitrogen and oxygen atoms in total. The van der Waals surface area contributed by atoms with Gasteiger partial charge in [-0.1, -0.05) is 64.2 Å². The van der Waals surface area contributed by atoms with Crippen molar-refractivity contribution in [3.05, 3.63) is 53.9 Å². The molecule has 378 valence electrons. The zero-order valence-electron chi connectivity index (χ0n) is 41.6. The van der Waals surface area contributed by atoms with Gasteiger partial charge in [-0.3, -0.25) is 19.2 Å². The van der Waals surface area contributed by atoms with Crippen LogP contribution in [0.4, 0.5) is 0 Å². The van der Waals surface area contributed by atoms with Crippen molar-refractivity contribution in [2.75, 3.05) is 27.9 Å². The van der Waals surface area contributed by atoms with Crippen molar-refractivity contribution in [3.8, 4) is 0 Å². The highest BCUT2D eigenvalue weighted by Gasteiger charge is 2.53. The lowest BCUT2D eigenvalue weighted by atomic mass is 9.77. The SMILES string of the molecule is COC1C(=O)C2C[C@H](C)/C=C/C=C/C=C(\C)[C@@H](OC)C[C@@H]3CC[C@@H](C)[C@@](O)(O3)C(=O)C(=O)N3CCCC[C@H]3C(O)O[C@H]([C@H](C)C[C@@H]3CC[C@H](n4cnnn4)[C@H](OC)C3)CC(=O)[C@H](C)/C=C(\C)[C@H]1O2. The Hall–Kier alpha value is -3.81. The topological polar surface area (TPSA) is 211 Å². The summed E-state index contributed by atoms with van der Waals surface area (Å²) in [5.41, 5.74) is 1.60. The first-order valence-electron chi connectivity index (χ1n) is 24.8. The quantitative estimate of drug-likeness (QED) is 0.251. The van der Waals surface area contributed by atoms with E-state index in [4.69, 9.17) is 28.4 Å². The van der Waals surface area contributed by atoms with Gasteiger partial charge in [-0.05, 0) is 117 Å². The Morgan fingerprint density at radius 3 is 2.37 bits per heavy atom. The van der Waals surface area contributed by atoms with Gasteiger partial charge in [-0.15, -0.1) is 5.10 Å². The van der Waals surface area contributed by atoms with E-state index in [-0.39, 0.29) is 54.4 Å². The molecule has 1 amide bonds. The summed E-state index contributed by atoms with van der Waals surface area (Å²) in [5, 5.41) is 35.8. The summed E-state index contributed by atoms with van der Waals surface area (Å²) in [7, 11) is 4.77. The maximum atomic E-state index is 14.4. The lowest BCUT2D eigenvalue weighted by Gasteiger charge is -2.44. The highest BCUT2D eigenvalue weighted by molar-refractivity contribution is 6.38. The van der Waals surface area contributed by atoms with Gasteiger partial charge < -0.3 is 43.5 Å². The predicted octanol–water partition coefficient (Wildman–Crippen LogP) is 5.61. The summed E-state index contributed by atoms with van der Waals surface area (Å²) in [4.78, 5) is 58.0. The van der Waals surface area contributed by atoms with Crippen LogP contribution in [0.25, 0.3) is 0 Å². The fourth-order valence-corrected chi connectivity index (χ4v) is 11.0. The maximum absolute atomic E-state index is 14.4. The maximum Gasteiger partial charge on any atom is 0.296 e. The van der Waals surface area contributed by atoms with Crippen molar-refractivity contribution < 1.29 is 57.8 Å². The van der Waals surface area contributed by atoms with Crippen molar-refractivity contribution in [1.82, 2.24) is 25.1 Å². The second kappa shape index (κ2) is 24.3. The number of aliphatic hydroxyl groups excluding tert-OH is 1. The van der Waals surface area contributed by atoms with Crippen LogP contribution in [0.2, 0.25) is 0 Å². The number of rotatable bonds is 7. The number of methoxy groups -OCH3 is 3. The number of carbonyl (C=O) groups excluding carboxylic acids is 4. The van der Waals surface area contributed by atoms with Crippen molar-refractivity contribution in [2.24, 2.45) is 29.6 Å². The minimum Gasteiger partial charge on any atom is -0.379 e. The average molecular weight is 952 g/mol. The number of tetrazole rings is 1. The van der Waals surface area contributed by atoms with Crippen LogP contribution in [-0.2, 0) is 47.6 Å². The minimum absolute atomic E-state index is 0.00570. The molecule has 4 aliphatic heterocycles. The molecule has 4 fully saturated rings.